The molecule has 4 nitrogen and oxygen atoms in total. The first kappa shape index (κ1) is 15.8. The maximum Gasteiger partial charge on any atom is 0.0367 e. The average molecular weight is 302 g/mol. The predicted octanol–water partition coefficient (Wildman–Crippen LogP) is 1.48. The molecular formula is C18H30N4. The van der Waals surface area contributed by atoms with Crippen LogP contribution in [0, 0.1) is 5.92 Å². The van der Waals surface area contributed by atoms with Crippen molar-refractivity contribution in [1.82, 2.24) is 9.80 Å². The third-order valence-corrected chi connectivity index (χ3v) is 5.31. The fourth-order valence-electron chi connectivity index (χ4n) is 3.77. The Kier molecular flexibility index (Phi) is 5.34. The van der Waals surface area contributed by atoms with Crippen molar-refractivity contribution in [2.45, 2.75) is 19.4 Å². The molecule has 2 aliphatic heterocycles. The van der Waals surface area contributed by atoms with Crippen molar-refractivity contribution in [2.24, 2.45) is 11.7 Å². The molecule has 1 aromatic rings. The molecular weight excluding hydrogens is 272 g/mol. The highest BCUT2D eigenvalue weighted by atomic mass is 15.3. The van der Waals surface area contributed by atoms with Gasteiger partial charge < -0.3 is 15.5 Å². The van der Waals surface area contributed by atoms with Crippen molar-refractivity contribution in [3.8, 4) is 0 Å². The van der Waals surface area contributed by atoms with Crippen LogP contribution in [0.2, 0.25) is 0 Å². The van der Waals surface area contributed by atoms with Gasteiger partial charge in [0, 0.05) is 51.0 Å². The molecule has 2 unspecified atom stereocenters. The second-order valence-corrected chi connectivity index (χ2v) is 6.73. The van der Waals surface area contributed by atoms with E-state index in [0.717, 1.165) is 39.1 Å². The van der Waals surface area contributed by atoms with Crippen molar-refractivity contribution in [1.29, 1.82) is 0 Å². The van der Waals surface area contributed by atoms with Gasteiger partial charge in [0.1, 0.15) is 0 Å². The minimum Gasteiger partial charge on any atom is -0.369 e. The van der Waals surface area contributed by atoms with E-state index in [1.165, 1.54) is 25.3 Å². The lowest BCUT2D eigenvalue weighted by Crippen LogP contribution is -2.54. The summed E-state index contributed by atoms with van der Waals surface area (Å²) >= 11 is 0. The first-order chi connectivity index (χ1) is 10.8. The summed E-state index contributed by atoms with van der Waals surface area (Å²) in [7, 11) is 0. The number of anilines is 1. The Morgan fingerprint density at radius 2 is 1.73 bits per heavy atom. The van der Waals surface area contributed by atoms with E-state index in [9.17, 15) is 0 Å². The highest BCUT2D eigenvalue weighted by molar-refractivity contribution is 5.46. The van der Waals surface area contributed by atoms with Gasteiger partial charge in [0.25, 0.3) is 0 Å². The number of hydrogen-bond donors (Lipinski definition) is 1. The number of hydrogen-bond acceptors (Lipinski definition) is 4. The van der Waals surface area contributed by atoms with E-state index in [4.69, 9.17) is 5.73 Å². The van der Waals surface area contributed by atoms with Crippen LogP contribution in [0.1, 0.15) is 13.3 Å². The Hall–Kier alpha value is -1.10. The van der Waals surface area contributed by atoms with Crippen LogP contribution in [0.3, 0.4) is 0 Å². The van der Waals surface area contributed by atoms with Crippen molar-refractivity contribution < 1.29 is 0 Å². The van der Waals surface area contributed by atoms with Gasteiger partial charge in [0.05, 0.1) is 0 Å². The van der Waals surface area contributed by atoms with Gasteiger partial charge in [0.2, 0.25) is 0 Å². The van der Waals surface area contributed by atoms with Gasteiger partial charge in [-0.3, -0.25) is 4.90 Å². The number of para-hydroxylation sites is 1. The highest BCUT2D eigenvalue weighted by Crippen LogP contribution is 2.19. The summed E-state index contributed by atoms with van der Waals surface area (Å²) in [5.41, 5.74) is 7.72. The summed E-state index contributed by atoms with van der Waals surface area (Å²) in [5, 5.41) is 0. The molecule has 0 amide bonds. The molecule has 0 spiro atoms. The molecule has 2 saturated heterocycles. The summed E-state index contributed by atoms with van der Waals surface area (Å²) in [6.07, 6.45) is 1.16. The average Bonchev–Trinajstić information content (AvgIpc) is 2.58. The van der Waals surface area contributed by atoms with Crippen LogP contribution in [-0.4, -0.2) is 68.2 Å². The summed E-state index contributed by atoms with van der Waals surface area (Å²) in [5.74, 6) is 0.636. The van der Waals surface area contributed by atoms with Crippen LogP contribution >= 0.6 is 0 Å². The third kappa shape index (κ3) is 3.80. The Morgan fingerprint density at radius 1 is 1.00 bits per heavy atom. The topological polar surface area (TPSA) is 35.7 Å². The molecule has 2 atom stereocenters. The lowest BCUT2D eigenvalue weighted by atomic mass is 9.92. The first-order valence-electron chi connectivity index (χ1n) is 8.76. The second-order valence-electron chi connectivity index (χ2n) is 6.73. The highest BCUT2D eigenvalue weighted by Gasteiger charge is 2.28. The molecule has 1 aromatic carbocycles. The van der Waals surface area contributed by atoms with E-state index in [2.05, 4.69) is 52.0 Å². The quantitative estimate of drug-likeness (QED) is 0.914. The standard InChI is InChI=1S/C18H30N4/c1-2-20-9-8-18(19)16(14-20)15-21-10-12-22(13-11-21)17-6-4-3-5-7-17/h3-7,16,18H,2,8-15,19H2,1H3. The maximum absolute atomic E-state index is 6.37. The normalized spacial score (nSPS) is 28.0. The lowest BCUT2D eigenvalue weighted by Gasteiger charge is -2.42. The van der Waals surface area contributed by atoms with Crippen LogP contribution in [0.5, 0.6) is 0 Å². The summed E-state index contributed by atoms with van der Waals surface area (Å²) < 4.78 is 0. The smallest absolute Gasteiger partial charge is 0.0367 e. The number of nitrogens with zero attached hydrogens (tertiary/aromatic N) is 3. The Balaban J connectivity index is 1.49. The number of nitrogens with two attached hydrogens (primary N) is 1. The molecule has 2 fully saturated rings. The van der Waals surface area contributed by atoms with E-state index in [0.29, 0.717) is 12.0 Å². The minimum absolute atomic E-state index is 0.384. The lowest BCUT2D eigenvalue weighted by molar-refractivity contribution is 0.117. The minimum atomic E-state index is 0.384. The fraction of sp³-hybridized carbons (Fsp3) is 0.667. The van der Waals surface area contributed by atoms with Crippen LogP contribution in [0.4, 0.5) is 5.69 Å². The number of piperidine rings is 1. The van der Waals surface area contributed by atoms with E-state index < -0.39 is 0 Å². The van der Waals surface area contributed by atoms with Crippen LogP contribution in [-0.2, 0) is 0 Å². The summed E-state index contributed by atoms with van der Waals surface area (Å²) in [4.78, 5) is 7.66. The van der Waals surface area contributed by atoms with Crippen molar-refractivity contribution >= 4 is 5.69 Å². The van der Waals surface area contributed by atoms with Crippen LogP contribution in [0.25, 0.3) is 0 Å². The number of piperazine rings is 1. The zero-order valence-corrected chi connectivity index (χ0v) is 13.8. The van der Waals surface area contributed by atoms with Gasteiger partial charge in [-0.2, -0.15) is 0 Å². The molecule has 22 heavy (non-hydrogen) atoms. The van der Waals surface area contributed by atoms with Gasteiger partial charge in [-0.1, -0.05) is 25.1 Å². The van der Waals surface area contributed by atoms with Crippen molar-refractivity contribution in [3.63, 3.8) is 0 Å². The zero-order chi connectivity index (χ0) is 15.4. The van der Waals surface area contributed by atoms with Crippen LogP contribution in [0.15, 0.2) is 30.3 Å². The Labute approximate surface area is 134 Å². The van der Waals surface area contributed by atoms with Gasteiger partial charge >= 0.3 is 0 Å². The molecule has 0 aliphatic carbocycles. The molecule has 0 saturated carbocycles. The maximum atomic E-state index is 6.37. The zero-order valence-electron chi connectivity index (χ0n) is 13.8. The largest absolute Gasteiger partial charge is 0.369 e. The van der Waals surface area contributed by atoms with Gasteiger partial charge in [-0.05, 0) is 37.6 Å². The van der Waals surface area contributed by atoms with E-state index in [1.54, 1.807) is 0 Å². The molecule has 0 radical (unpaired) electrons. The first-order valence-corrected chi connectivity index (χ1v) is 8.76. The fourth-order valence-corrected chi connectivity index (χ4v) is 3.77. The monoisotopic (exact) mass is 302 g/mol. The molecule has 2 heterocycles. The second kappa shape index (κ2) is 7.44. The predicted molar refractivity (Wildman–Crippen MR) is 93.3 cm³/mol. The number of likely N-dealkylation sites (tertiary alicyclic amines) is 1. The molecule has 122 valence electrons. The van der Waals surface area contributed by atoms with Crippen molar-refractivity contribution in [3.05, 3.63) is 30.3 Å². The summed E-state index contributed by atoms with van der Waals surface area (Å²) in [6, 6.07) is 11.2. The molecule has 2 N–H and O–H groups in total. The Morgan fingerprint density at radius 3 is 2.41 bits per heavy atom. The van der Waals surface area contributed by atoms with E-state index >= 15 is 0 Å². The molecule has 4 heteroatoms. The van der Waals surface area contributed by atoms with E-state index in [-0.39, 0.29) is 0 Å². The number of rotatable bonds is 4. The molecule has 0 bridgehead atoms. The SMILES string of the molecule is CCN1CCC(N)C(CN2CCN(c3ccccc3)CC2)C1. The summed E-state index contributed by atoms with van der Waals surface area (Å²) in [6.45, 7) is 11.5. The van der Waals surface area contributed by atoms with Gasteiger partial charge in [-0.25, -0.2) is 0 Å². The molecule has 3 rings (SSSR count). The molecule has 2 aliphatic rings. The Bertz CT molecular complexity index is 442. The van der Waals surface area contributed by atoms with Crippen LogP contribution < -0.4 is 10.6 Å². The van der Waals surface area contributed by atoms with E-state index in [1.807, 2.05) is 0 Å². The molecule has 0 aromatic heterocycles. The third-order valence-electron chi connectivity index (χ3n) is 5.31. The van der Waals surface area contributed by atoms with Crippen molar-refractivity contribution in [2.75, 3.05) is 57.3 Å². The van der Waals surface area contributed by atoms with Gasteiger partial charge in [-0.15, -0.1) is 0 Å². The van der Waals surface area contributed by atoms with Gasteiger partial charge in [0.15, 0.2) is 0 Å². The number of benzene rings is 1.